The number of hydrogen-bond acceptors (Lipinski definition) is 2. The molecule has 0 amide bonds. The highest BCUT2D eigenvalue weighted by Crippen LogP contribution is 2.49. The number of benzene rings is 4. The lowest BCUT2D eigenvalue weighted by Crippen LogP contribution is -2.25. The van der Waals surface area contributed by atoms with Crippen molar-refractivity contribution in [2.24, 2.45) is 0 Å². The zero-order valence-corrected chi connectivity index (χ0v) is 17.6. The third kappa shape index (κ3) is 4.17. The van der Waals surface area contributed by atoms with Crippen molar-refractivity contribution in [2.75, 3.05) is 0 Å². The van der Waals surface area contributed by atoms with Crippen molar-refractivity contribution in [3.05, 3.63) is 143 Å². The summed E-state index contributed by atoms with van der Waals surface area (Å²) in [6.45, 7) is 0. The van der Waals surface area contributed by atoms with Crippen LogP contribution in [0, 0.1) is 11.3 Å². The monoisotopic (exact) mass is 405 g/mol. The standard InChI is InChI=1S/C28H23NS/c29-20-19-23-11-10-12-24(21-23)22-30-28(25-13-4-1-5-14-25,26-15-6-2-7-16-26)27-17-8-3-9-18-27/h1-18,21H,19,22H2. The highest BCUT2D eigenvalue weighted by Gasteiger charge is 2.36. The van der Waals surface area contributed by atoms with E-state index in [1.165, 1.54) is 22.3 Å². The quantitative estimate of drug-likeness (QED) is 0.310. The van der Waals surface area contributed by atoms with Gasteiger partial charge in [-0.15, -0.1) is 11.8 Å². The van der Waals surface area contributed by atoms with E-state index in [9.17, 15) is 0 Å². The number of rotatable bonds is 7. The van der Waals surface area contributed by atoms with E-state index in [0.717, 1.165) is 11.3 Å². The van der Waals surface area contributed by atoms with Crippen LogP contribution in [-0.4, -0.2) is 0 Å². The molecule has 0 aliphatic carbocycles. The first-order valence-electron chi connectivity index (χ1n) is 10.1. The molecule has 0 atom stereocenters. The van der Waals surface area contributed by atoms with Gasteiger partial charge in [0.05, 0.1) is 17.2 Å². The number of nitriles is 1. The predicted molar refractivity (Wildman–Crippen MR) is 126 cm³/mol. The van der Waals surface area contributed by atoms with Gasteiger partial charge in [0.2, 0.25) is 0 Å². The predicted octanol–water partition coefficient (Wildman–Crippen LogP) is 6.98. The molecule has 146 valence electrons. The summed E-state index contributed by atoms with van der Waals surface area (Å²) in [4.78, 5) is 0. The zero-order valence-electron chi connectivity index (χ0n) is 16.7. The maximum Gasteiger partial charge on any atom is 0.0910 e. The van der Waals surface area contributed by atoms with E-state index < -0.39 is 0 Å². The molecule has 0 aromatic heterocycles. The fraction of sp³-hybridized carbons (Fsp3) is 0.107. The summed E-state index contributed by atoms with van der Waals surface area (Å²) < 4.78 is -0.324. The van der Waals surface area contributed by atoms with Crippen LogP contribution in [0.25, 0.3) is 0 Å². The number of thioether (sulfide) groups is 1. The number of nitrogens with zero attached hydrogens (tertiary/aromatic N) is 1. The average molecular weight is 406 g/mol. The topological polar surface area (TPSA) is 23.8 Å². The summed E-state index contributed by atoms with van der Waals surface area (Å²) in [6, 6.07) is 42.9. The summed E-state index contributed by atoms with van der Waals surface area (Å²) in [5, 5.41) is 9.06. The van der Waals surface area contributed by atoms with Gasteiger partial charge in [0, 0.05) is 5.75 Å². The van der Waals surface area contributed by atoms with E-state index in [-0.39, 0.29) is 4.75 Å². The molecule has 0 radical (unpaired) electrons. The molecule has 0 spiro atoms. The van der Waals surface area contributed by atoms with Crippen LogP contribution in [0.4, 0.5) is 0 Å². The fourth-order valence-corrected chi connectivity index (χ4v) is 5.35. The normalized spacial score (nSPS) is 11.0. The van der Waals surface area contributed by atoms with Crippen LogP contribution >= 0.6 is 11.8 Å². The van der Waals surface area contributed by atoms with Gasteiger partial charge in [-0.2, -0.15) is 5.26 Å². The van der Waals surface area contributed by atoms with Crippen molar-refractivity contribution in [1.29, 1.82) is 5.26 Å². The number of hydrogen-bond donors (Lipinski definition) is 0. The summed E-state index contributed by atoms with van der Waals surface area (Å²) in [5.41, 5.74) is 6.10. The Kier molecular flexibility index (Phi) is 6.32. The minimum absolute atomic E-state index is 0.324. The maximum atomic E-state index is 9.06. The highest BCUT2D eigenvalue weighted by atomic mass is 32.2. The first-order chi connectivity index (χ1) is 14.8. The summed E-state index contributed by atoms with van der Waals surface area (Å²) in [6.07, 6.45) is 0.444. The third-order valence-corrected chi connectivity index (χ3v) is 6.89. The minimum atomic E-state index is -0.324. The Morgan fingerprint density at radius 1 is 0.600 bits per heavy atom. The van der Waals surface area contributed by atoms with E-state index in [1.54, 1.807) is 0 Å². The van der Waals surface area contributed by atoms with Crippen LogP contribution in [0.3, 0.4) is 0 Å². The van der Waals surface area contributed by atoms with Crippen molar-refractivity contribution in [2.45, 2.75) is 16.9 Å². The Labute approximate surface area is 183 Å². The molecule has 0 heterocycles. The smallest absolute Gasteiger partial charge is 0.0910 e. The second-order valence-electron chi connectivity index (χ2n) is 7.22. The molecule has 4 aromatic carbocycles. The molecule has 4 rings (SSSR count). The Morgan fingerprint density at radius 3 is 1.53 bits per heavy atom. The first-order valence-corrected chi connectivity index (χ1v) is 11.1. The lowest BCUT2D eigenvalue weighted by Gasteiger charge is -2.35. The molecule has 0 aliphatic heterocycles. The molecule has 0 unspecified atom stereocenters. The molecular weight excluding hydrogens is 382 g/mol. The molecule has 0 saturated carbocycles. The van der Waals surface area contributed by atoms with Gasteiger partial charge in [-0.3, -0.25) is 0 Å². The lowest BCUT2D eigenvalue weighted by atomic mass is 9.84. The van der Waals surface area contributed by atoms with E-state index >= 15 is 0 Å². The van der Waals surface area contributed by atoms with Gasteiger partial charge in [-0.05, 0) is 27.8 Å². The van der Waals surface area contributed by atoms with Crippen molar-refractivity contribution >= 4 is 11.8 Å². The van der Waals surface area contributed by atoms with Crippen LogP contribution in [0.5, 0.6) is 0 Å². The van der Waals surface area contributed by atoms with Gasteiger partial charge >= 0.3 is 0 Å². The van der Waals surface area contributed by atoms with E-state index in [1.807, 2.05) is 17.8 Å². The van der Waals surface area contributed by atoms with Gasteiger partial charge in [0.1, 0.15) is 0 Å². The van der Waals surface area contributed by atoms with Crippen molar-refractivity contribution in [3.8, 4) is 6.07 Å². The SMILES string of the molecule is N#CCc1cccc(CSC(c2ccccc2)(c2ccccc2)c2ccccc2)c1. The van der Waals surface area contributed by atoms with Crippen LogP contribution < -0.4 is 0 Å². The average Bonchev–Trinajstić information content (AvgIpc) is 2.82. The molecule has 0 fully saturated rings. The first kappa shape index (κ1) is 20.0. The second kappa shape index (κ2) is 9.48. The molecule has 1 nitrogen and oxygen atoms in total. The van der Waals surface area contributed by atoms with Gasteiger partial charge < -0.3 is 0 Å². The molecule has 0 bridgehead atoms. The molecule has 4 aromatic rings. The van der Waals surface area contributed by atoms with E-state index in [0.29, 0.717) is 6.42 Å². The van der Waals surface area contributed by atoms with Crippen molar-refractivity contribution in [3.63, 3.8) is 0 Å². The second-order valence-corrected chi connectivity index (χ2v) is 8.41. The van der Waals surface area contributed by atoms with Crippen LogP contribution in [0.1, 0.15) is 27.8 Å². The minimum Gasteiger partial charge on any atom is -0.198 e. The van der Waals surface area contributed by atoms with Gasteiger partial charge in [0.15, 0.2) is 0 Å². The Balaban J connectivity index is 1.83. The summed E-state index contributed by atoms with van der Waals surface area (Å²) in [5.74, 6) is 0.845. The Morgan fingerprint density at radius 2 is 1.07 bits per heavy atom. The molecular formula is C28H23NS. The zero-order chi connectivity index (χ0) is 20.7. The Hall–Kier alpha value is -3.28. The summed E-state index contributed by atoms with van der Waals surface area (Å²) >= 11 is 1.93. The van der Waals surface area contributed by atoms with E-state index in [4.69, 9.17) is 5.26 Å². The summed E-state index contributed by atoms with van der Waals surface area (Å²) in [7, 11) is 0. The van der Waals surface area contributed by atoms with Gasteiger partial charge in [0.25, 0.3) is 0 Å². The maximum absolute atomic E-state index is 9.06. The van der Waals surface area contributed by atoms with Crippen molar-refractivity contribution < 1.29 is 0 Å². The van der Waals surface area contributed by atoms with E-state index in [2.05, 4.69) is 115 Å². The largest absolute Gasteiger partial charge is 0.198 e. The molecule has 2 heteroatoms. The Bertz CT molecular complexity index is 1020. The van der Waals surface area contributed by atoms with Gasteiger partial charge in [-0.25, -0.2) is 0 Å². The van der Waals surface area contributed by atoms with Crippen LogP contribution in [-0.2, 0) is 16.9 Å². The van der Waals surface area contributed by atoms with Crippen molar-refractivity contribution in [1.82, 2.24) is 0 Å². The molecule has 30 heavy (non-hydrogen) atoms. The molecule has 0 N–H and O–H groups in total. The molecule has 0 saturated heterocycles. The van der Waals surface area contributed by atoms with Gasteiger partial charge in [-0.1, -0.05) is 115 Å². The molecule has 0 aliphatic rings. The lowest BCUT2D eigenvalue weighted by molar-refractivity contribution is 0.893. The van der Waals surface area contributed by atoms with Crippen LogP contribution in [0.2, 0.25) is 0 Å². The highest BCUT2D eigenvalue weighted by molar-refractivity contribution is 7.99. The fourth-order valence-electron chi connectivity index (χ4n) is 3.88. The third-order valence-electron chi connectivity index (χ3n) is 5.27. The van der Waals surface area contributed by atoms with Crippen LogP contribution in [0.15, 0.2) is 115 Å².